The zero-order valence-electron chi connectivity index (χ0n) is 22.4. The van der Waals surface area contributed by atoms with Gasteiger partial charge in [0, 0.05) is 20.8 Å². The number of esters is 3. The second-order valence-corrected chi connectivity index (χ2v) is 10.5. The van der Waals surface area contributed by atoms with E-state index in [1.807, 2.05) is 0 Å². The number of ether oxygens (including phenoxy) is 10. The van der Waals surface area contributed by atoms with Gasteiger partial charge in [0.05, 0.1) is 6.61 Å². The number of hydrogen-bond donors (Lipinski definition) is 0. The minimum Gasteiger partial charge on any atom is -0.463 e. The van der Waals surface area contributed by atoms with Gasteiger partial charge in [0.2, 0.25) is 0 Å². The van der Waals surface area contributed by atoms with E-state index in [0.717, 1.165) is 13.8 Å². The van der Waals surface area contributed by atoms with Crippen LogP contribution in [0.4, 0.5) is 4.39 Å². The van der Waals surface area contributed by atoms with E-state index in [9.17, 15) is 14.4 Å². The first kappa shape index (κ1) is 29.1. The molecule has 38 heavy (non-hydrogen) atoms. The van der Waals surface area contributed by atoms with Gasteiger partial charge < -0.3 is 47.4 Å². The van der Waals surface area contributed by atoms with Crippen LogP contribution in [0.25, 0.3) is 0 Å². The standard InChI is InChI=1S/C24H35FO13/c1-10(26)29-8-13-16(31-11(2)27)18(32-12(3)28)15(25)21(33-13)30-9-14-17-19(36-23(4,5)35-17)20-22(34-14)38-24(6,7)37-20/h13-22H,8-9H2,1-7H3/t13?,14?,15?,16-,17+,18?,19?,20?,21+,22-/m1/s1. The highest BCUT2D eigenvalue weighted by Gasteiger charge is 2.61. The van der Waals surface area contributed by atoms with E-state index in [1.54, 1.807) is 27.7 Å². The summed E-state index contributed by atoms with van der Waals surface area (Å²) in [5.74, 6) is -4.09. The van der Waals surface area contributed by atoms with Gasteiger partial charge in [-0.1, -0.05) is 0 Å². The molecule has 0 amide bonds. The maximum atomic E-state index is 15.6. The van der Waals surface area contributed by atoms with Gasteiger partial charge in [0.25, 0.3) is 0 Å². The summed E-state index contributed by atoms with van der Waals surface area (Å²) in [6.07, 6.45) is -11.1. The Balaban J connectivity index is 1.51. The maximum absolute atomic E-state index is 15.6. The number of carbonyl (C=O) groups is 3. The van der Waals surface area contributed by atoms with Crippen molar-refractivity contribution in [3.8, 4) is 0 Å². The van der Waals surface area contributed by atoms with Crippen LogP contribution in [0, 0.1) is 0 Å². The molecular formula is C24H35FO13. The van der Waals surface area contributed by atoms with Gasteiger partial charge in [0.1, 0.15) is 37.1 Å². The fourth-order valence-corrected chi connectivity index (χ4v) is 5.01. The van der Waals surface area contributed by atoms with Gasteiger partial charge in [0.15, 0.2) is 42.5 Å². The Morgan fingerprint density at radius 2 is 1.29 bits per heavy atom. The highest BCUT2D eigenvalue weighted by Crippen LogP contribution is 2.44. The predicted molar refractivity (Wildman–Crippen MR) is 120 cm³/mol. The summed E-state index contributed by atoms with van der Waals surface area (Å²) in [4.78, 5) is 34.9. The number of halogens is 1. The molecule has 0 N–H and O–H groups in total. The summed E-state index contributed by atoms with van der Waals surface area (Å²) in [6, 6.07) is 0. The molecule has 216 valence electrons. The molecule has 4 aliphatic heterocycles. The lowest BCUT2D eigenvalue weighted by molar-refractivity contribution is -0.307. The van der Waals surface area contributed by atoms with Crippen molar-refractivity contribution < 1.29 is 66.1 Å². The zero-order valence-corrected chi connectivity index (χ0v) is 22.4. The summed E-state index contributed by atoms with van der Waals surface area (Å²) in [5, 5.41) is 0. The van der Waals surface area contributed by atoms with Crippen molar-refractivity contribution in [1.82, 2.24) is 0 Å². The SMILES string of the molecule is CC(=O)OCC1O[C@H](OCC2O[C@@H]3OC(C)(C)OC3C3OC(C)(C)O[C@@H]23)C(F)C(OC(C)=O)[C@@H]1OC(C)=O. The van der Waals surface area contributed by atoms with Crippen LogP contribution in [0.5, 0.6) is 0 Å². The van der Waals surface area contributed by atoms with E-state index < -0.39 is 97.6 Å². The minimum absolute atomic E-state index is 0.232. The summed E-state index contributed by atoms with van der Waals surface area (Å²) >= 11 is 0. The van der Waals surface area contributed by atoms with E-state index in [0.29, 0.717) is 0 Å². The fourth-order valence-electron chi connectivity index (χ4n) is 5.01. The molecule has 6 unspecified atom stereocenters. The molecule has 0 saturated carbocycles. The number of carbonyl (C=O) groups excluding carboxylic acids is 3. The Bertz CT molecular complexity index is 910. The highest BCUT2D eigenvalue weighted by atomic mass is 19.1. The molecule has 0 radical (unpaired) electrons. The molecular weight excluding hydrogens is 515 g/mol. The molecule has 0 bridgehead atoms. The first-order chi connectivity index (χ1) is 17.7. The summed E-state index contributed by atoms with van der Waals surface area (Å²) in [5.41, 5.74) is 0. The van der Waals surface area contributed by atoms with Gasteiger partial charge in [-0.3, -0.25) is 14.4 Å². The molecule has 0 aliphatic carbocycles. The third kappa shape index (κ3) is 6.43. The smallest absolute Gasteiger partial charge is 0.303 e. The Hall–Kier alpha value is -1.94. The Kier molecular flexibility index (Phi) is 8.34. The fraction of sp³-hybridized carbons (Fsp3) is 0.875. The molecule has 13 nitrogen and oxygen atoms in total. The molecule has 0 aromatic carbocycles. The van der Waals surface area contributed by atoms with E-state index in [2.05, 4.69) is 0 Å². The zero-order chi connectivity index (χ0) is 28.0. The Labute approximate surface area is 219 Å². The van der Waals surface area contributed by atoms with Crippen molar-refractivity contribution in [3.63, 3.8) is 0 Å². The lowest BCUT2D eigenvalue weighted by Crippen LogP contribution is -2.61. The summed E-state index contributed by atoms with van der Waals surface area (Å²) in [6.45, 7) is 9.72. The van der Waals surface area contributed by atoms with Gasteiger partial charge in [-0.25, -0.2) is 4.39 Å². The van der Waals surface area contributed by atoms with Crippen LogP contribution in [0.15, 0.2) is 0 Å². The van der Waals surface area contributed by atoms with Gasteiger partial charge >= 0.3 is 17.9 Å². The average molecular weight is 551 g/mol. The van der Waals surface area contributed by atoms with Crippen LogP contribution in [0.2, 0.25) is 0 Å². The molecule has 0 spiro atoms. The van der Waals surface area contributed by atoms with E-state index >= 15 is 4.39 Å². The van der Waals surface area contributed by atoms with Gasteiger partial charge in [-0.2, -0.15) is 0 Å². The normalized spacial score (nSPS) is 41.1. The first-order valence-electron chi connectivity index (χ1n) is 12.4. The molecule has 4 heterocycles. The largest absolute Gasteiger partial charge is 0.463 e. The van der Waals surface area contributed by atoms with Gasteiger partial charge in [-0.15, -0.1) is 0 Å². The van der Waals surface area contributed by atoms with Crippen molar-refractivity contribution in [2.24, 2.45) is 0 Å². The lowest BCUT2D eigenvalue weighted by Gasteiger charge is -2.43. The highest BCUT2D eigenvalue weighted by molar-refractivity contribution is 5.67. The molecule has 0 aromatic rings. The molecule has 14 heteroatoms. The second kappa shape index (κ2) is 10.9. The van der Waals surface area contributed by atoms with Crippen molar-refractivity contribution in [3.05, 3.63) is 0 Å². The third-order valence-corrected chi connectivity index (χ3v) is 6.30. The Morgan fingerprint density at radius 1 is 0.711 bits per heavy atom. The third-order valence-electron chi connectivity index (χ3n) is 6.30. The predicted octanol–water partition coefficient (Wildman–Crippen LogP) is 0.889. The second-order valence-electron chi connectivity index (χ2n) is 10.5. The van der Waals surface area contributed by atoms with E-state index in [4.69, 9.17) is 47.4 Å². The number of fused-ring (bicyclic) bond motifs is 3. The number of alkyl halides is 1. The van der Waals surface area contributed by atoms with Crippen molar-refractivity contribution in [2.45, 2.75) is 122 Å². The van der Waals surface area contributed by atoms with Crippen LogP contribution in [-0.4, -0.2) is 104 Å². The van der Waals surface area contributed by atoms with Gasteiger partial charge in [-0.05, 0) is 27.7 Å². The van der Waals surface area contributed by atoms with Crippen LogP contribution >= 0.6 is 0 Å². The quantitative estimate of drug-likeness (QED) is 0.327. The van der Waals surface area contributed by atoms with Crippen molar-refractivity contribution in [2.75, 3.05) is 13.2 Å². The molecule has 4 aliphatic rings. The lowest BCUT2D eigenvalue weighted by atomic mass is 9.98. The molecule has 4 saturated heterocycles. The van der Waals surface area contributed by atoms with Crippen LogP contribution in [0.1, 0.15) is 48.5 Å². The van der Waals surface area contributed by atoms with E-state index in [1.165, 1.54) is 6.92 Å². The van der Waals surface area contributed by atoms with Crippen LogP contribution in [0.3, 0.4) is 0 Å². The van der Waals surface area contributed by atoms with Crippen molar-refractivity contribution >= 4 is 17.9 Å². The Morgan fingerprint density at radius 3 is 1.92 bits per heavy atom. The minimum atomic E-state index is -2.06. The maximum Gasteiger partial charge on any atom is 0.303 e. The average Bonchev–Trinajstić information content (AvgIpc) is 3.27. The van der Waals surface area contributed by atoms with Crippen LogP contribution in [-0.2, 0) is 61.8 Å². The molecule has 4 rings (SSSR count). The summed E-state index contributed by atoms with van der Waals surface area (Å²) in [7, 11) is 0. The topological polar surface area (TPSA) is 144 Å². The summed E-state index contributed by atoms with van der Waals surface area (Å²) < 4.78 is 72.5. The van der Waals surface area contributed by atoms with E-state index in [-0.39, 0.29) is 6.61 Å². The van der Waals surface area contributed by atoms with Crippen LogP contribution < -0.4 is 0 Å². The van der Waals surface area contributed by atoms with Crippen molar-refractivity contribution in [1.29, 1.82) is 0 Å². The number of hydrogen-bond acceptors (Lipinski definition) is 13. The monoisotopic (exact) mass is 550 g/mol. The molecule has 4 fully saturated rings. The molecule has 10 atom stereocenters. The number of rotatable bonds is 7. The first-order valence-corrected chi connectivity index (χ1v) is 12.4. The molecule has 0 aromatic heterocycles.